The number of nitrogens with one attached hydrogen (secondary N) is 1. The zero-order chi connectivity index (χ0) is 16.2. The first-order valence-electron chi connectivity index (χ1n) is 7.53. The van der Waals surface area contributed by atoms with Gasteiger partial charge in [-0.25, -0.2) is 9.37 Å². The Morgan fingerprint density at radius 3 is 2.78 bits per heavy atom. The average molecular weight is 378 g/mol. The van der Waals surface area contributed by atoms with Gasteiger partial charge in [0.05, 0.1) is 6.54 Å². The lowest BCUT2D eigenvalue weighted by atomic mass is 10.0. The minimum Gasteiger partial charge on any atom is -0.310 e. The molecule has 1 atom stereocenters. The first-order chi connectivity index (χ1) is 11.1. The highest BCUT2D eigenvalue weighted by Crippen LogP contribution is 2.31. The van der Waals surface area contributed by atoms with E-state index in [4.69, 9.17) is 0 Å². The molecule has 3 rings (SSSR count). The van der Waals surface area contributed by atoms with Gasteiger partial charge in [0.15, 0.2) is 0 Å². The molecule has 0 aliphatic carbocycles. The fourth-order valence-electron chi connectivity index (χ4n) is 2.89. The molecule has 1 fully saturated rings. The third-order valence-corrected chi connectivity index (χ3v) is 4.43. The summed E-state index contributed by atoms with van der Waals surface area (Å²) in [5.41, 5.74) is 1.05. The van der Waals surface area contributed by atoms with E-state index in [1.165, 1.54) is 12.1 Å². The largest absolute Gasteiger partial charge is 0.310 e. The molecule has 120 valence electrons. The number of benzene rings is 1. The second-order valence-electron chi connectivity index (χ2n) is 5.59. The summed E-state index contributed by atoms with van der Waals surface area (Å²) in [6.45, 7) is 1.17. The van der Waals surface area contributed by atoms with Crippen molar-refractivity contribution in [3.05, 3.63) is 58.4 Å². The second kappa shape index (κ2) is 7.19. The summed E-state index contributed by atoms with van der Waals surface area (Å²) in [6, 6.07) is 10.3. The van der Waals surface area contributed by atoms with E-state index >= 15 is 0 Å². The molecule has 1 N–H and O–H groups in total. The quantitative estimate of drug-likeness (QED) is 0.881. The summed E-state index contributed by atoms with van der Waals surface area (Å²) >= 11 is 3.31. The van der Waals surface area contributed by atoms with Crippen molar-refractivity contribution in [2.45, 2.75) is 18.9 Å². The van der Waals surface area contributed by atoms with E-state index in [9.17, 15) is 9.18 Å². The Balaban J connectivity index is 1.62. The van der Waals surface area contributed by atoms with Crippen molar-refractivity contribution in [2.75, 3.05) is 18.4 Å². The van der Waals surface area contributed by atoms with Crippen LogP contribution >= 0.6 is 15.9 Å². The lowest BCUT2D eigenvalue weighted by Gasteiger charge is -2.24. The minimum atomic E-state index is -0.239. The summed E-state index contributed by atoms with van der Waals surface area (Å²) in [5.74, 6) is 0.210. The monoisotopic (exact) mass is 377 g/mol. The van der Waals surface area contributed by atoms with E-state index in [2.05, 4.69) is 31.1 Å². The molecule has 1 aliphatic heterocycles. The van der Waals surface area contributed by atoms with E-state index in [0.29, 0.717) is 12.4 Å². The first kappa shape index (κ1) is 16.1. The Labute approximate surface area is 142 Å². The molecule has 2 aromatic rings. The van der Waals surface area contributed by atoms with Gasteiger partial charge in [-0.2, -0.15) is 0 Å². The first-order valence-corrected chi connectivity index (χ1v) is 8.32. The smallest absolute Gasteiger partial charge is 0.239 e. The van der Waals surface area contributed by atoms with Gasteiger partial charge >= 0.3 is 0 Å². The van der Waals surface area contributed by atoms with E-state index in [1.54, 1.807) is 24.4 Å². The topological polar surface area (TPSA) is 45.2 Å². The molecule has 0 radical (unpaired) electrons. The van der Waals surface area contributed by atoms with Gasteiger partial charge in [0, 0.05) is 16.7 Å². The van der Waals surface area contributed by atoms with Crippen LogP contribution in [0.4, 0.5) is 10.2 Å². The number of carbonyl (C=O) groups is 1. The number of pyridine rings is 1. The Morgan fingerprint density at radius 1 is 1.30 bits per heavy atom. The summed E-state index contributed by atoms with van der Waals surface area (Å²) < 4.78 is 13.9. The molecule has 6 heteroatoms. The Hall–Kier alpha value is -1.79. The minimum absolute atomic E-state index is 0.0890. The van der Waals surface area contributed by atoms with E-state index in [-0.39, 0.29) is 17.8 Å². The Morgan fingerprint density at radius 2 is 2.09 bits per heavy atom. The van der Waals surface area contributed by atoms with E-state index < -0.39 is 0 Å². The van der Waals surface area contributed by atoms with E-state index in [1.807, 2.05) is 6.07 Å². The summed E-state index contributed by atoms with van der Waals surface area (Å²) in [7, 11) is 0. The maximum absolute atomic E-state index is 13.1. The summed E-state index contributed by atoms with van der Waals surface area (Å²) in [6.07, 6.45) is 3.66. The van der Waals surface area contributed by atoms with Gasteiger partial charge in [0.2, 0.25) is 5.91 Å². The van der Waals surface area contributed by atoms with Crippen LogP contribution in [0.25, 0.3) is 0 Å². The number of rotatable bonds is 4. The van der Waals surface area contributed by atoms with Gasteiger partial charge in [0.25, 0.3) is 0 Å². The molecule has 2 heterocycles. The predicted octanol–water partition coefficient (Wildman–Crippen LogP) is 3.76. The molecule has 1 aromatic carbocycles. The Kier molecular flexibility index (Phi) is 5.03. The Bertz CT molecular complexity index is 675. The molecule has 1 aliphatic rings. The summed E-state index contributed by atoms with van der Waals surface area (Å²) in [5, 5.41) is 2.80. The normalized spacial score (nSPS) is 18.1. The third kappa shape index (κ3) is 4.14. The number of likely N-dealkylation sites (tertiary alicyclic amines) is 1. The van der Waals surface area contributed by atoms with Crippen LogP contribution in [-0.4, -0.2) is 28.9 Å². The van der Waals surface area contributed by atoms with Crippen LogP contribution in [0, 0.1) is 5.82 Å². The molecule has 1 saturated heterocycles. The van der Waals surface area contributed by atoms with Crippen molar-refractivity contribution in [3.63, 3.8) is 0 Å². The van der Waals surface area contributed by atoms with Crippen LogP contribution in [0.15, 0.2) is 47.1 Å². The van der Waals surface area contributed by atoms with Gasteiger partial charge in [-0.15, -0.1) is 0 Å². The van der Waals surface area contributed by atoms with Crippen LogP contribution in [0.2, 0.25) is 0 Å². The average Bonchev–Trinajstić information content (AvgIpc) is 2.98. The number of halogens is 2. The lowest BCUT2D eigenvalue weighted by molar-refractivity contribution is -0.117. The number of carbonyl (C=O) groups excluding carboxylic acids is 1. The maximum Gasteiger partial charge on any atom is 0.239 e. The number of hydrogen-bond donors (Lipinski definition) is 1. The zero-order valence-corrected chi connectivity index (χ0v) is 14.1. The van der Waals surface area contributed by atoms with Crippen LogP contribution in [0.1, 0.15) is 24.4 Å². The van der Waals surface area contributed by atoms with Crippen molar-refractivity contribution >= 4 is 27.7 Å². The van der Waals surface area contributed by atoms with Crippen LogP contribution in [0.5, 0.6) is 0 Å². The van der Waals surface area contributed by atoms with Crippen molar-refractivity contribution in [2.24, 2.45) is 0 Å². The van der Waals surface area contributed by atoms with Gasteiger partial charge in [-0.05, 0) is 65.1 Å². The maximum atomic E-state index is 13.1. The molecule has 1 unspecified atom stereocenters. The van der Waals surface area contributed by atoms with Crippen LogP contribution < -0.4 is 5.32 Å². The van der Waals surface area contributed by atoms with Crippen LogP contribution in [0.3, 0.4) is 0 Å². The highest BCUT2D eigenvalue weighted by molar-refractivity contribution is 9.10. The molecule has 23 heavy (non-hydrogen) atoms. The number of hydrogen-bond acceptors (Lipinski definition) is 3. The molecular weight excluding hydrogens is 361 g/mol. The highest BCUT2D eigenvalue weighted by atomic mass is 79.9. The van der Waals surface area contributed by atoms with Gasteiger partial charge in [-0.3, -0.25) is 9.69 Å². The van der Waals surface area contributed by atoms with E-state index in [0.717, 1.165) is 29.4 Å². The van der Waals surface area contributed by atoms with Gasteiger partial charge in [0.1, 0.15) is 11.6 Å². The molecule has 4 nitrogen and oxygen atoms in total. The second-order valence-corrected chi connectivity index (χ2v) is 6.51. The fourth-order valence-corrected chi connectivity index (χ4v) is 3.13. The highest BCUT2D eigenvalue weighted by Gasteiger charge is 2.27. The van der Waals surface area contributed by atoms with Crippen molar-refractivity contribution in [1.29, 1.82) is 0 Å². The predicted molar refractivity (Wildman–Crippen MR) is 90.5 cm³/mol. The molecule has 0 spiro atoms. The number of anilines is 1. The standard InChI is InChI=1S/C17H17BrFN3O/c18-13-5-8-16(20-10-13)21-17(23)11-22-9-1-2-15(22)12-3-6-14(19)7-4-12/h3-8,10,15H,1-2,9,11H2,(H,20,21,23). The van der Waals surface area contributed by atoms with Crippen LogP contribution in [-0.2, 0) is 4.79 Å². The molecule has 1 aromatic heterocycles. The number of amides is 1. The number of aromatic nitrogens is 1. The van der Waals surface area contributed by atoms with Crippen molar-refractivity contribution < 1.29 is 9.18 Å². The molecular formula is C17H17BrFN3O. The molecule has 0 bridgehead atoms. The van der Waals surface area contributed by atoms with Crippen molar-refractivity contribution in [1.82, 2.24) is 9.88 Å². The fraction of sp³-hybridized carbons (Fsp3) is 0.294. The zero-order valence-electron chi connectivity index (χ0n) is 12.5. The van der Waals surface area contributed by atoms with Gasteiger partial charge in [-0.1, -0.05) is 12.1 Å². The molecule has 1 amide bonds. The summed E-state index contributed by atoms with van der Waals surface area (Å²) in [4.78, 5) is 18.5. The van der Waals surface area contributed by atoms with Crippen molar-refractivity contribution in [3.8, 4) is 0 Å². The molecule has 0 saturated carbocycles. The lowest BCUT2D eigenvalue weighted by Crippen LogP contribution is -2.33. The van der Waals surface area contributed by atoms with Gasteiger partial charge < -0.3 is 5.32 Å². The third-order valence-electron chi connectivity index (χ3n) is 3.96. The number of nitrogens with zero attached hydrogens (tertiary/aromatic N) is 2. The SMILES string of the molecule is O=C(CN1CCCC1c1ccc(F)cc1)Nc1ccc(Br)cn1.